The van der Waals surface area contributed by atoms with E-state index in [2.05, 4.69) is 13.0 Å². The maximum absolute atomic E-state index is 11.9. The lowest BCUT2D eigenvalue weighted by Crippen LogP contribution is -2.50. The number of rotatable bonds is 1. The van der Waals surface area contributed by atoms with Crippen LogP contribution in [0.4, 0.5) is 0 Å². The molecule has 0 bridgehead atoms. The van der Waals surface area contributed by atoms with Crippen molar-refractivity contribution in [2.24, 2.45) is 52.8 Å². The number of nitrogens with zero attached hydrogens (tertiary/aromatic N) is 1. The van der Waals surface area contributed by atoms with E-state index in [0.717, 1.165) is 18.8 Å². The fourth-order valence-electron chi connectivity index (χ4n) is 7.72. The van der Waals surface area contributed by atoms with E-state index in [-0.39, 0.29) is 29.6 Å². The predicted octanol–water partition coefficient (Wildman–Crippen LogP) is 3.34. The summed E-state index contributed by atoms with van der Waals surface area (Å²) in [5.74, 6) is 4.65. The monoisotopic (exact) mass is 325 g/mol. The van der Waals surface area contributed by atoms with Crippen LogP contribution in [0.25, 0.3) is 0 Å². The minimum Gasteiger partial charge on any atom is -0.396 e. The van der Waals surface area contributed by atoms with E-state index in [1.54, 1.807) is 0 Å². The Morgan fingerprint density at radius 3 is 2.79 bits per heavy atom. The Morgan fingerprint density at radius 2 is 2.04 bits per heavy atom. The number of aliphatic hydroxyl groups is 1. The number of hydrogen-bond donors (Lipinski definition) is 1. The van der Waals surface area contributed by atoms with Gasteiger partial charge in [-0.25, -0.2) is 0 Å². The van der Waals surface area contributed by atoms with Crippen molar-refractivity contribution in [1.82, 2.24) is 0 Å². The number of carbonyl (C=O) groups is 1. The van der Waals surface area contributed by atoms with Crippen molar-refractivity contribution in [3.63, 3.8) is 0 Å². The maximum Gasteiger partial charge on any atom is 0.155 e. The third-order valence-electron chi connectivity index (χ3n) is 8.64. The second-order valence-electron chi connectivity index (χ2n) is 9.44. The number of carbonyl (C=O) groups excluding carboxylic acids is 1. The first-order valence-electron chi connectivity index (χ1n) is 9.83. The van der Waals surface area contributed by atoms with E-state index in [9.17, 15) is 15.2 Å². The van der Waals surface area contributed by atoms with E-state index in [1.807, 2.05) is 6.08 Å². The Labute approximate surface area is 144 Å². The lowest BCUT2D eigenvalue weighted by atomic mass is 9.48. The number of nitriles is 1. The van der Waals surface area contributed by atoms with Gasteiger partial charge in [-0.15, -0.1) is 0 Å². The van der Waals surface area contributed by atoms with Crippen LogP contribution in [0, 0.1) is 64.1 Å². The van der Waals surface area contributed by atoms with Gasteiger partial charge in [0, 0.05) is 18.9 Å². The van der Waals surface area contributed by atoms with Gasteiger partial charge in [0.2, 0.25) is 0 Å². The fraction of sp³-hybridized carbons (Fsp3) is 0.810. The van der Waals surface area contributed by atoms with Crippen LogP contribution >= 0.6 is 0 Å². The molecule has 3 heteroatoms. The van der Waals surface area contributed by atoms with Crippen LogP contribution in [-0.2, 0) is 4.79 Å². The van der Waals surface area contributed by atoms with Crippen LogP contribution in [0.2, 0.25) is 0 Å². The van der Waals surface area contributed by atoms with Gasteiger partial charge in [0.1, 0.15) is 0 Å². The van der Waals surface area contributed by atoms with E-state index < -0.39 is 0 Å². The van der Waals surface area contributed by atoms with Crippen molar-refractivity contribution < 1.29 is 9.90 Å². The van der Waals surface area contributed by atoms with Gasteiger partial charge in [0.25, 0.3) is 0 Å². The van der Waals surface area contributed by atoms with Gasteiger partial charge in [-0.3, -0.25) is 4.79 Å². The molecule has 5 rings (SSSR count). The largest absolute Gasteiger partial charge is 0.396 e. The number of aliphatic hydroxyl groups excluding tert-OH is 1. The zero-order valence-electron chi connectivity index (χ0n) is 14.4. The first kappa shape index (κ1) is 15.1. The molecule has 0 heterocycles. The number of ketones is 1. The van der Waals surface area contributed by atoms with Crippen molar-refractivity contribution in [2.75, 3.05) is 6.61 Å². The predicted molar refractivity (Wildman–Crippen MR) is 89.5 cm³/mol. The number of hydrogen-bond acceptors (Lipinski definition) is 3. The third kappa shape index (κ3) is 1.79. The summed E-state index contributed by atoms with van der Waals surface area (Å²) < 4.78 is 0. The molecular formula is C21H27NO2. The van der Waals surface area contributed by atoms with Crippen LogP contribution in [-0.4, -0.2) is 17.5 Å². The molecule has 0 aromatic carbocycles. The first-order chi connectivity index (χ1) is 11.6. The molecule has 0 radical (unpaired) electrons. The summed E-state index contributed by atoms with van der Waals surface area (Å²) in [5, 5.41) is 19.7. The summed E-state index contributed by atoms with van der Waals surface area (Å²) in [7, 11) is 0. The van der Waals surface area contributed by atoms with Crippen molar-refractivity contribution in [1.29, 1.82) is 5.26 Å². The standard InChI is InChI=1S/C21H27NO2/c1-21-5-4-14-13-3-2-12(24)7-15(13)11(10-23)6-17(14)20(21)18-8-16(18)19(21)9-22/h7,11,13-14,16-20,23H,2-6,8,10H2,1H3/t11-,13+,14+,16-,17+,18+,19-,20+,21+/m0/s1. The van der Waals surface area contributed by atoms with Crippen molar-refractivity contribution in [3.8, 4) is 6.07 Å². The van der Waals surface area contributed by atoms with Crippen molar-refractivity contribution in [3.05, 3.63) is 11.6 Å². The van der Waals surface area contributed by atoms with Gasteiger partial charge in [0.15, 0.2) is 5.78 Å². The summed E-state index contributed by atoms with van der Waals surface area (Å²) >= 11 is 0. The lowest BCUT2D eigenvalue weighted by Gasteiger charge is -2.56. The fourth-order valence-corrected chi connectivity index (χ4v) is 7.72. The smallest absolute Gasteiger partial charge is 0.155 e. The quantitative estimate of drug-likeness (QED) is 0.804. The second kappa shape index (κ2) is 4.94. The highest BCUT2D eigenvalue weighted by Gasteiger charge is 2.69. The summed E-state index contributed by atoms with van der Waals surface area (Å²) in [5.41, 5.74) is 1.47. The molecule has 4 saturated carbocycles. The zero-order chi connectivity index (χ0) is 16.6. The Hall–Kier alpha value is -1.14. The molecule has 0 aromatic rings. The Morgan fingerprint density at radius 1 is 1.25 bits per heavy atom. The van der Waals surface area contributed by atoms with Gasteiger partial charge < -0.3 is 5.11 Å². The highest BCUT2D eigenvalue weighted by atomic mass is 16.3. The molecule has 0 unspecified atom stereocenters. The molecule has 0 aliphatic heterocycles. The molecule has 0 saturated heterocycles. The zero-order valence-corrected chi connectivity index (χ0v) is 14.4. The van der Waals surface area contributed by atoms with Crippen LogP contribution in [0.1, 0.15) is 45.4 Å². The van der Waals surface area contributed by atoms with Gasteiger partial charge in [-0.1, -0.05) is 12.5 Å². The highest BCUT2D eigenvalue weighted by Crippen LogP contribution is 2.74. The molecular weight excluding hydrogens is 298 g/mol. The van der Waals surface area contributed by atoms with Crippen LogP contribution in [0.15, 0.2) is 11.6 Å². The molecule has 5 aliphatic carbocycles. The van der Waals surface area contributed by atoms with E-state index in [0.29, 0.717) is 36.0 Å². The molecule has 5 aliphatic rings. The lowest BCUT2D eigenvalue weighted by molar-refractivity contribution is -0.116. The van der Waals surface area contributed by atoms with Gasteiger partial charge in [0.05, 0.1) is 12.0 Å². The van der Waals surface area contributed by atoms with Crippen LogP contribution in [0.5, 0.6) is 0 Å². The van der Waals surface area contributed by atoms with Crippen molar-refractivity contribution >= 4 is 5.78 Å². The Bertz CT molecular complexity index is 661. The Balaban J connectivity index is 1.53. The van der Waals surface area contributed by atoms with Crippen LogP contribution < -0.4 is 0 Å². The van der Waals surface area contributed by atoms with Gasteiger partial charge in [-0.05, 0) is 79.1 Å². The minimum atomic E-state index is 0.179. The van der Waals surface area contributed by atoms with E-state index >= 15 is 0 Å². The van der Waals surface area contributed by atoms with E-state index in [1.165, 1.54) is 24.8 Å². The summed E-state index contributed by atoms with van der Waals surface area (Å²) in [6.07, 6.45) is 8.25. The maximum atomic E-state index is 11.9. The average molecular weight is 325 g/mol. The molecule has 128 valence electrons. The topological polar surface area (TPSA) is 61.1 Å². The first-order valence-corrected chi connectivity index (χ1v) is 9.83. The molecule has 1 N–H and O–H groups in total. The molecule has 3 nitrogen and oxygen atoms in total. The highest BCUT2D eigenvalue weighted by molar-refractivity contribution is 5.91. The summed E-state index contributed by atoms with van der Waals surface area (Å²) in [6.45, 7) is 2.57. The Kier molecular flexibility index (Phi) is 3.12. The summed E-state index contributed by atoms with van der Waals surface area (Å²) in [4.78, 5) is 11.9. The van der Waals surface area contributed by atoms with E-state index in [4.69, 9.17) is 0 Å². The average Bonchev–Trinajstić information content (AvgIpc) is 3.28. The van der Waals surface area contributed by atoms with Crippen molar-refractivity contribution in [2.45, 2.75) is 45.4 Å². The third-order valence-corrected chi connectivity index (χ3v) is 8.64. The summed E-state index contributed by atoms with van der Waals surface area (Å²) in [6, 6.07) is 2.67. The molecule has 9 atom stereocenters. The molecule has 0 aromatic heterocycles. The number of fused-ring (bicyclic) bond motifs is 7. The van der Waals surface area contributed by atoms with Gasteiger partial charge in [-0.2, -0.15) is 5.26 Å². The molecule has 24 heavy (non-hydrogen) atoms. The molecule has 4 fully saturated rings. The van der Waals surface area contributed by atoms with Crippen LogP contribution in [0.3, 0.4) is 0 Å². The minimum absolute atomic E-state index is 0.179. The SMILES string of the molecule is C[C@]12CC[C@H]3[C@@H](C[C@@H](CO)C4=CC(=O)CC[C@@H]43)[C@@H]1[C@@H]1C[C@@H]1[C@@H]2C#N. The normalized spacial score (nSPS) is 54.7. The second-order valence-corrected chi connectivity index (χ2v) is 9.44. The van der Waals surface area contributed by atoms with Gasteiger partial charge >= 0.3 is 0 Å². The molecule has 0 spiro atoms. The molecule has 0 amide bonds.